The number of carbonyl (C=O) groups excluding carboxylic acids is 3. The van der Waals surface area contributed by atoms with Gasteiger partial charge in [0.05, 0.1) is 11.7 Å². The lowest BCUT2D eigenvalue weighted by Crippen LogP contribution is -2.45. The number of nitrogens with one attached hydrogen (secondary N) is 2. The summed E-state index contributed by atoms with van der Waals surface area (Å²) < 4.78 is 5.40. The first kappa shape index (κ1) is 24.0. The van der Waals surface area contributed by atoms with Gasteiger partial charge in [-0.05, 0) is 62.9 Å². The number of anilines is 2. The van der Waals surface area contributed by atoms with Crippen molar-refractivity contribution in [2.75, 3.05) is 23.8 Å². The van der Waals surface area contributed by atoms with Crippen LogP contribution in [0.3, 0.4) is 0 Å². The predicted molar refractivity (Wildman–Crippen MR) is 135 cm³/mol. The van der Waals surface area contributed by atoms with E-state index in [1.165, 1.54) is 11.0 Å². The molecule has 0 aliphatic carbocycles. The fourth-order valence-corrected chi connectivity index (χ4v) is 3.75. The van der Waals surface area contributed by atoms with Gasteiger partial charge in [-0.25, -0.2) is 9.78 Å². The Balaban J connectivity index is 1.49. The van der Waals surface area contributed by atoms with Gasteiger partial charge in [0.1, 0.15) is 12.1 Å². The SMILES string of the molecule is CC(c1cc2ccccc2[nH]1)N(C)C(=O)/C=C/c1cnc2c(c1)NC(=O)CN2C(=O)OC(C)(C)C. The second kappa shape index (κ2) is 9.25. The largest absolute Gasteiger partial charge is 0.443 e. The van der Waals surface area contributed by atoms with Gasteiger partial charge in [-0.1, -0.05) is 18.2 Å². The van der Waals surface area contributed by atoms with Gasteiger partial charge in [0.15, 0.2) is 5.82 Å². The van der Waals surface area contributed by atoms with E-state index in [4.69, 9.17) is 4.74 Å². The number of benzene rings is 1. The number of carbonyl (C=O) groups is 3. The topological polar surface area (TPSA) is 108 Å². The Labute approximate surface area is 203 Å². The Morgan fingerprint density at radius 2 is 1.97 bits per heavy atom. The third-order valence-corrected chi connectivity index (χ3v) is 5.68. The second-order valence-corrected chi connectivity index (χ2v) is 9.52. The number of H-pyrrole nitrogens is 1. The first-order valence-corrected chi connectivity index (χ1v) is 11.3. The highest BCUT2D eigenvalue weighted by atomic mass is 16.6. The summed E-state index contributed by atoms with van der Waals surface area (Å²) in [6, 6.07) is 11.5. The van der Waals surface area contributed by atoms with Crippen molar-refractivity contribution in [1.29, 1.82) is 0 Å². The van der Waals surface area contributed by atoms with Crippen LogP contribution in [0.15, 0.2) is 48.7 Å². The van der Waals surface area contributed by atoms with Gasteiger partial charge in [0.25, 0.3) is 0 Å². The Morgan fingerprint density at radius 3 is 2.69 bits per heavy atom. The molecule has 3 aromatic rings. The maximum absolute atomic E-state index is 12.8. The zero-order valence-electron chi connectivity index (χ0n) is 20.5. The molecule has 2 aromatic heterocycles. The number of likely N-dealkylation sites (N-methyl/N-ethyl adjacent to an activating group) is 1. The van der Waals surface area contributed by atoms with Crippen LogP contribution in [0.4, 0.5) is 16.3 Å². The number of pyridine rings is 1. The van der Waals surface area contributed by atoms with E-state index in [9.17, 15) is 14.4 Å². The Morgan fingerprint density at radius 1 is 1.23 bits per heavy atom. The van der Waals surface area contributed by atoms with Crippen LogP contribution < -0.4 is 10.2 Å². The van der Waals surface area contributed by atoms with Crippen LogP contribution in [0.25, 0.3) is 17.0 Å². The minimum absolute atomic E-state index is 0.164. The maximum Gasteiger partial charge on any atom is 0.416 e. The van der Waals surface area contributed by atoms with Gasteiger partial charge in [-0.3, -0.25) is 14.5 Å². The molecule has 1 aromatic carbocycles. The van der Waals surface area contributed by atoms with E-state index in [2.05, 4.69) is 15.3 Å². The molecule has 0 radical (unpaired) electrons. The molecule has 4 rings (SSSR count). The highest BCUT2D eigenvalue weighted by molar-refractivity contribution is 6.07. The van der Waals surface area contributed by atoms with Crippen molar-refractivity contribution in [2.24, 2.45) is 0 Å². The predicted octanol–water partition coefficient (Wildman–Crippen LogP) is 4.49. The van der Waals surface area contributed by atoms with E-state index in [0.29, 0.717) is 17.1 Å². The van der Waals surface area contributed by atoms with Crippen molar-refractivity contribution in [3.8, 4) is 0 Å². The van der Waals surface area contributed by atoms with Crippen molar-refractivity contribution in [3.05, 3.63) is 59.9 Å². The molecule has 9 heteroatoms. The van der Waals surface area contributed by atoms with Gasteiger partial charge in [-0.15, -0.1) is 0 Å². The molecule has 1 atom stereocenters. The van der Waals surface area contributed by atoms with Crippen LogP contribution in [0.5, 0.6) is 0 Å². The molecule has 3 heterocycles. The zero-order chi connectivity index (χ0) is 25.3. The summed E-state index contributed by atoms with van der Waals surface area (Å²) in [7, 11) is 1.74. The quantitative estimate of drug-likeness (QED) is 0.541. The third-order valence-electron chi connectivity index (χ3n) is 5.68. The minimum Gasteiger partial charge on any atom is -0.443 e. The van der Waals surface area contributed by atoms with Gasteiger partial charge in [0.2, 0.25) is 11.8 Å². The second-order valence-electron chi connectivity index (χ2n) is 9.52. The van der Waals surface area contributed by atoms with Crippen LogP contribution in [-0.2, 0) is 14.3 Å². The summed E-state index contributed by atoms with van der Waals surface area (Å²) in [6.07, 6.45) is 3.98. The summed E-state index contributed by atoms with van der Waals surface area (Å²) in [4.78, 5) is 48.1. The lowest BCUT2D eigenvalue weighted by molar-refractivity contribution is -0.126. The molecule has 0 saturated heterocycles. The highest BCUT2D eigenvalue weighted by Crippen LogP contribution is 2.30. The monoisotopic (exact) mass is 475 g/mol. The number of fused-ring (bicyclic) bond motifs is 2. The normalized spacial score (nSPS) is 14.5. The van der Waals surface area contributed by atoms with Crippen molar-refractivity contribution < 1.29 is 19.1 Å². The molecule has 1 aliphatic heterocycles. The standard InChI is InChI=1S/C26H29N5O4/c1-16(20-13-18-8-6-7-9-19(18)28-20)30(5)23(33)11-10-17-12-21-24(27-14-17)31(15-22(32)29-21)25(34)35-26(2,3)4/h6-14,16,28H,15H2,1-5H3,(H,29,32)/b11-10+. The van der Waals surface area contributed by atoms with Crippen LogP contribution in [-0.4, -0.2) is 52.0 Å². The molecule has 1 unspecified atom stereocenters. The smallest absolute Gasteiger partial charge is 0.416 e. The number of aromatic nitrogens is 2. The van der Waals surface area contributed by atoms with Crippen molar-refractivity contribution >= 4 is 46.4 Å². The number of hydrogen-bond donors (Lipinski definition) is 2. The molecule has 182 valence electrons. The number of nitrogens with zero attached hydrogens (tertiary/aromatic N) is 3. The summed E-state index contributed by atoms with van der Waals surface area (Å²) in [6.45, 7) is 7.04. The van der Waals surface area contributed by atoms with E-state index in [-0.39, 0.29) is 24.4 Å². The number of ether oxygens (including phenoxy) is 1. The minimum atomic E-state index is -0.704. The molecule has 1 aliphatic rings. The Hall–Kier alpha value is -4.14. The van der Waals surface area contributed by atoms with Crippen molar-refractivity contribution in [3.63, 3.8) is 0 Å². The van der Waals surface area contributed by atoms with Crippen LogP contribution in [0.2, 0.25) is 0 Å². The molecular formula is C26H29N5O4. The van der Waals surface area contributed by atoms with E-state index < -0.39 is 11.7 Å². The molecule has 0 saturated carbocycles. The third kappa shape index (κ3) is 5.34. The molecule has 0 bridgehead atoms. The zero-order valence-corrected chi connectivity index (χ0v) is 20.5. The fourth-order valence-electron chi connectivity index (χ4n) is 3.75. The molecule has 3 amide bonds. The molecule has 0 spiro atoms. The van der Waals surface area contributed by atoms with Crippen molar-refractivity contribution in [1.82, 2.24) is 14.9 Å². The lowest BCUT2D eigenvalue weighted by Gasteiger charge is -2.30. The number of amides is 3. The molecular weight excluding hydrogens is 446 g/mol. The first-order valence-electron chi connectivity index (χ1n) is 11.3. The van der Waals surface area contributed by atoms with Crippen molar-refractivity contribution in [2.45, 2.75) is 39.3 Å². The van der Waals surface area contributed by atoms with E-state index in [0.717, 1.165) is 16.6 Å². The van der Waals surface area contributed by atoms with Crippen LogP contribution in [0, 0.1) is 0 Å². The molecule has 0 fully saturated rings. The first-order chi connectivity index (χ1) is 16.5. The average Bonchev–Trinajstić information content (AvgIpc) is 3.24. The molecule has 35 heavy (non-hydrogen) atoms. The Bertz CT molecular complexity index is 1290. The summed E-state index contributed by atoms with van der Waals surface area (Å²) in [5.41, 5.74) is 2.24. The molecule has 2 N–H and O–H groups in total. The van der Waals surface area contributed by atoms with E-state index in [1.807, 2.05) is 37.3 Å². The lowest BCUT2D eigenvalue weighted by atomic mass is 10.1. The van der Waals surface area contributed by atoms with Gasteiger partial charge < -0.3 is 19.9 Å². The Kier molecular flexibility index (Phi) is 6.34. The van der Waals surface area contributed by atoms with Crippen LogP contribution in [0.1, 0.15) is 45.0 Å². The summed E-state index contributed by atoms with van der Waals surface area (Å²) in [5, 5.41) is 3.82. The highest BCUT2D eigenvalue weighted by Gasteiger charge is 2.31. The van der Waals surface area contributed by atoms with Gasteiger partial charge in [-0.2, -0.15) is 0 Å². The summed E-state index contributed by atoms with van der Waals surface area (Å²) in [5.74, 6) is -0.241. The summed E-state index contributed by atoms with van der Waals surface area (Å²) >= 11 is 0. The van der Waals surface area contributed by atoms with Gasteiger partial charge in [0, 0.05) is 30.5 Å². The number of para-hydroxylation sites is 1. The van der Waals surface area contributed by atoms with Gasteiger partial charge >= 0.3 is 6.09 Å². The number of aromatic amines is 1. The fraction of sp³-hybridized carbons (Fsp3) is 0.308. The van der Waals surface area contributed by atoms with E-state index >= 15 is 0 Å². The average molecular weight is 476 g/mol. The number of rotatable bonds is 4. The molecule has 9 nitrogen and oxygen atoms in total. The van der Waals surface area contributed by atoms with E-state index in [1.54, 1.807) is 51.1 Å². The number of hydrogen-bond acceptors (Lipinski definition) is 5. The van der Waals surface area contributed by atoms with Crippen LogP contribution >= 0.6 is 0 Å². The maximum atomic E-state index is 12.8.